The Bertz CT molecular complexity index is 333. The summed E-state index contributed by atoms with van der Waals surface area (Å²) >= 11 is 0. The maximum atomic E-state index is 11.3. The lowest BCUT2D eigenvalue weighted by atomic mass is 10.2. The largest absolute Gasteiger partial charge is 0.356 e. The molecule has 104 valence electrons. The van der Waals surface area contributed by atoms with E-state index in [1.807, 2.05) is 40.8 Å². The van der Waals surface area contributed by atoms with Gasteiger partial charge in [0.15, 0.2) is 0 Å². The smallest absolute Gasteiger partial charge is 0.220 e. The molecule has 5 nitrogen and oxygen atoms in total. The molecule has 0 aliphatic heterocycles. The summed E-state index contributed by atoms with van der Waals surface area (Å²) in [6.07, 6.45) is 4.01. The van der Waals surface area contributed by atoms with E-state index in [4.69, 9.17) is 0 Å². The fourth-order valence-corrected chi connectivity index (χ4v) is 1.27. The molecule has 0 bridgehead atoms. The second-order valence-corrected chi connectivity index (χ2v) is 4.13. The zero-order chi connectivity index (χ0) is 14.0. The molecule has 0 unspecified atom stereocenters. The number of carbonyl (C=O) groups is 1. The first-order valence-electron chi connectivity index (χ1n) is 6.81. The van der Waals surface area contributed by atoms with E-state index < -0.39 is 0 Å². The SMILES string of the molecule is CC.CCCNC(=O)CCc1cn(C(C)C)nn1. The molecule has 0 saturated carbocycles. The summed E-state index contributed by atoms with van der Waals surface area (Å²) in [7, 11) is 0. The molecule has 0 saturated heterocycles. The lowest BCUT2D eigenvalue weighted by molar-refractivity contribution is -0.121. The molecule has 1 rings (SSSR count). The molecule has 0 fully saturated rings. The van der Waals surface area contributed by atoms with Gasteiger partial charge in [0.25, 0.3) is 0 Å². The molecule has 1 aromatic rings. The van der Waals surface area contributed by atoms with Gasteiger partial charge in [0.2, 0.25) is 5.91 Å². The summed E-state index contributed by atoms with van der Waals surface area (Å²) in [5, 5.41) is 10.9. The molecule has 0 radical (unpaired) electrons. The van der Waals surface area contributed by atoms with Gasteiger partial charge in [-0.15, -0.1) is 5.10 Å². The number of nitrogens with one attached hydrogen (secondary N) is 1. The van der Waals surface area contributed by atoms with Crippen molar-refractivity contribution in [2.24, 2.45) is 0 Å². The molecule has 0 aliphatic carbocycles. The summed E-state index contributed by atoms with van der Waals surface area (Å²) < 4.78 is 1.80. The van der Waals surface area contributed by atoms with Gasteiger partial charge in [-0.1, -0.05) is 26.0 Å². The predicted octanol–water partition coefficient (Wildman–Crippen LogP) is 2.34. The van der Waals surface area contributed by atoms with Gasteiger partial charge in [0.05, 0.1) is 5.69 Å². The van der Waals surface area contributed by atoms with E-state index in [0.29, 0.717) is 18.9 Å². The van der Waals surface area contributed by atoms with Crippen LogP contribution in [0.5, 0.6) is 0 Å². The molecule has 1 N–H and O–H groups in total. The number of rotatable bonds is 6. The first-order chi connectivity index (χ1) is 8.63. The van der Waals surface area contributed by atoms with E-state index in [-0.39, 0.29) is 5.91 Å². The second-order valence-electron chi connectivity index (χ2n) is 4.13. The van der Waals surface area contributed by atoms with E-state index in [1.54, 1.807) is 4.68 Å². The Labute approximate surface area is 110 Å². The minimum Gasteiger partial charge on any atom is -0.356 e. The summed E-state index contributed by atoms with van der Waals surface area (Å²) in [5.74, 6) is 0.0842. The third-order valence-electron chi connectivity index (χ3n) is 2.27. The Kier molecular flexibility index (Phi) is 8.88. The van der Waals surface area contributed by atoms with Gasteiger partial charge < -0.3 is 5.32 Å². The van der Waals surface area contributed by atoms with Gasteiger partial charge in [-0.2, -0.15) is 0 Å². The molecule has 0 aliphatic rings. The van der Waals surface area contributed by atoms with Crippen molar-refractivity contribution >= 4 is 5.91 Å². The molecule has 1 amide bonds. The van der Waals surface area contributed by atoms with Crippen molar-refractivity contribution in [3.8, 4) is 0 Å². The van der Waals surface area contributed by atoms with E-state index in [1.165, 1.54) is 0 Å². The number of aromatic nitrogens is 3. The molecule has 5 heteroatoms. The van der Waals surface area contributed by atoms with Crippen LogP contribution < -0.4 is 5.32 Å². The topological polar surface area (TPSA) is 59.8 Å². The van der Waals surface area contributed by atoms with Crippen molar-refractivity contribution in [1.82, 2.24) is 20.3 Å². The van der Waals surface area contributed by atoms with Crippen LogP contribution in [0.2, 0.25) is 0 Å². The van der Waals surface area contributed by atoms with Crippen molar-refractivity contribution < 1.29 is 4.79 Å². The zero-order valence-electron chi connectivity index (χ0n) is 12.2. The van der Waals surface area contributed by atoms with Crippen LogP contribution in [-0.2, 0) is 11.2 Å². The van der Waals surface area contributed by atoms with Crippen LogP contribution in [0.15, 0.2) is 6.20 Å². The monoisotopic (exact) mass is 254 g/mol. The highest BCUT2D eigenvalue weighted by atomic mass is 16.1. The maximum absolute atomic E-state index is 11.3. The fraction of sp³-hybridized carbons (Fsp3) is 0.769. The fourth-order valence-electron chi connectivity index (χ4n) is 1.27. The van der Waals surface area contributed by atoms with Gasteiger partial charge in [0, 0.05) is 31.6 Å². The zero-order valence-corrected chi connectivity index (χ0v) is 12.2. The lowest BCUT2D eigenvalue weighted by Gasteiger charge is -2.02. The highest BCUT2D eigenvalue weighted by molar-refractivity contribution is 5.75. The third kappa shape index (κ3) is 6.37. The summed E-state index contributed by atoms with van der Waals surface area (Å²) in [6.45, 7) is 10.9. The van der Waals surface area contributed by atoms with Crippen LogP contribution in [-0.4, -0.2) is 27.4 Å². The molecule has 1 heterocycles. The first kappa shape index (κ1) is 16.6. The van der Waals surface area contributed by atoms with E-state index in [2.05, 4.69) is 15.6 Å². The number of aryl methyl sites for hydroxylation is 1. The van der Waals surface area contributed by atoms with Gasteiger partial charge in [0.1, 0.15) is 0 Å². The average Bonchev–Trinajstić information content (AvgIpc) is 2.85. The van der Waals surface area contributed by atoms with Crippen molar-refractivity contribution in [3.63, 3.8) is 0 Å². The summed E-state index contributed by atoms with van der Waals surface area (Å²) in [4.78, 5) is 11.3. The summed E-state index contributed by atoms with van der Waals surface area (Å²) in [6, 6.07) is 0.315. The molecular formula is C13H26N4O. The van der Waals surface area contributed by atoms with Crippen LogP contribution in [0.4, 0.5) is 0 Å². The van der Waals surface area contributed by atoms with Crippen molar-refractivity contribution in [3.05, 3.63) is 11.9 Å². The van der Waals surface area contributed by atoms with Crippen molar-refractivity contribution in [2.45, 2.75) is 59.9 Å². The first-order valence-corrected chi connectivity index (χ1v) is 6.81. The highest BCUT2D eigenvalue weighted by Gasteiger charge is 2.06. The quantitative estimate of drug-likeness (QED) is 0.847. The maximum Gasteiger partial charge on any atom is 0.220 e. The van der Waals surface area contributed by atoms with E-state index in [9.17, 15) is 4.79 Å². The minimum atomic E-state index is 0.0842. The normalized spacial score (nSPS) is 9.89. The average molecular weight is 254 g/mol. The van der Waals surface area contributed by atoms with Crippen LogP contribution in [0.25, 0.3) is 0 Å². The van der Waals surface area contributed by atoms with Crippen molar-refractivity contribution in [2.75, 3.05) is 6.54 Å². The van der Waals surface area contributed by atoms with Gasteiger partial charge >= 0.3 is 0 Å². The third-order valence-corrected chi connectivity index (χ3v) is 2.27. The van der Waals surface area contributed by atoms with E-state index in [0.717, 1.165) is 18.7 Å². The minimum absolute atomic E-state index is 0.0842. The Balaban J connectivity index is 0.00000137. The van der Waals surface area contributed by atoms with Gasteiger partial charge in [-0.25, -0.2) is 4.68 Å². The predicted molar refractivity (Wildman–Crippen MR) is 73.4 cm³/mol. The number of hydrogen-bond acceptors (Lipinski definition) is 3. The van der Waals surface area contributed by atoms with Crippen LogP contribution >= 0.6 is 0 Å². The molecular weight excluding hydrogens is 228 g/mol. The molecule has 18 heavy (non-hydrogen) atoms. The molecule has 0 atom stereocenters. The van der Waals surface area contributed by atoms with Crippen LogP contribution in [0.3, 0.4) is 0 Å². The Morgan fingerprint density at radius 1 is 1.44 bits per heavy atom. The highest BCUT2D eigenvalue weighted by Crippen LogP contribution is 2.04. The Morgan fingerprint density at radius 2 is 2.11 bits per heavy atom. The number of hydrogen-bond donors (Lipinski definition) is 1. The standard InChI is InChI=1S/C11H20N4O.C2H6/c1-4-7-12-11(16)6-5-10-8-15(9(2)3)14-13-10;1-2/h8-9H,4-7H2,1-3H3,(H,12,16);1-2H3. The van der Waals surface area contributed by atoms with Crippen LogP contribution in [0.1, 0.15) is 59.2 Å². The number of carbonyl (C=O) groups excluding carboxylic acids is 1. The summed E-state index contributed by atoms with van der Waals surface area (Å²) in [5.41, 5.74) is 0.875. The number of nitrogens with zero attached hydrogens (tertiary/aromatic N) is 3. The Morgan fingerprint density at radius 3 is 2.61 bits per heavy atom. The number of amides is 1. The lowest BCUT2D eigenvalue weighted by Crippen LogP contribution is -2.24. The molecule has 0 spiro atoms. The second kappa shape index (κ2) is 9.62. The Hall–Kier alpha value is -1.39. The van der Waals surface area contributed by atoms with Gasteiger partial charge in [-0.05, 0) is 20.3 Å². The van der Waals surface area contributed by atoms with Gasteiger partial charge in [-0.3, -0.25) is 4.79 Å². The molecule has 0 aromatic carbocycles. The van der Waals surface area contributed by atoms with E-state index >= 15 is 0 Å². The van der Waals surface area contributed by atoms with Crippen LogP contribution in [0, 0.1) is 0 Å². The van der Waals surface area contributed by atoms with Crippen molar-refractivity contribution in [1.29, 1.82) is 0 Å². The molecule has 1 aromatic heterocycles.